The lowest BCUT2D eigenvalue weighted by Gasteiger charge is -2.12. The molecule has 2 N–H and O–H groups in total. The van der Waals surface area contributed by atoms with Gasteiger partial charge in [0.15, 0.2) is 5.78 Å². The lowest BCUT2D eigenvalue weighted by molar-refractivity contribution is -0.140. The number of ether oxygens (including phenoxy) is 1. The minimum atomic E-state index is -1.03. The summed E-state index contributed by atoms with van der Waals surface area (Å²) in [4.78, 5) is 35.5. The van der Waals surface area contributed by atoms with Crippen molar-refractivity contribution in [2.75, 3.05) is 13.2 Å². The summed E-state index contributed by atoms with van der Waals surface area (Å²) in [5.74, 6) is -1.98. The van der Waals surface area contributed by atoms with Crippen molar-refractivity contribution < 1.29 is 24.2 Å². The van der Waals surface area contributed by atoms with Crippen LogP contribution in [0.4, 0.5) is 0 Å². The second-order valence-electron chi connectivity index (χ2n) is 5.22. The molecule has 1 heterocycles. The Morgan fingerprint density at radius 3 is 2.52 bits per heavy atom. The first-order chi connectivity index (χ1) is 11.0. The van der Waals surface area contributed by atoms with E-state index >= 15 is 0 Å². The molecule has 122 valence electrons. The maximum absolute atomic E-state index is 12.5. The average molecular weight is 317 g/mol. The first kappa shape index (κ1) is 16.9. The van der Waals surface area contributed by atoms with Crippen molar-refractivity contribution in [2.24, 2.45) is 0 Å². The fourth-order valence-electron chi connectivity index (χ4n) is 2.42. The fourth-order valence-corrected chi connectivity index (χ4v) is 2.42. The zero-order chi connectivity index (χ0) is 16.8. The maximum atomic E-state index is 12.5. The smallest absolute Gasteiger partial charge is 0.341 e. The van der Waals surface area contributed by atoms with Crippen LogP contribution in [0.5, 0.6) is 0 Å². The van der Waals surface area contributed by atoms with Crippen LogP contribution < -0.4 is 5.32 Å². The number of carboxylic acid groups (broad SMARTS) is 1. The Morgan fingerprint density at radius 2 is 2.00 bits per heavy atom. The third kappa shape index (κ3) is 4.26. The van der Waals surface area contributed by atoms with E-state index in [1.165, 1.54) is 18.2 Å². The average Bonchev–Trinajstić information content (AvgIpc) is 3.07. The molecule has 1 fully saturated rings. The predicted octanol–water partition coefficient (Wildman–Crippen LogP) is 1.65. The quantitative estimate of drug-likeness (QED) is 0.359. The summed E-state index contributed by atoms with van der Waals surface area (Å²) in [7, 11) is 0. The van der Waals surface area contributed by atoms with Crippen molar-refractivity contribution in [2.45, 2.75) is 25.8 Å². The number of hydrogen-bond acceptors (Lipinski definition) is 5. The molecule has 1 aliphatic heterocycles. The standard InChI is InChI=1S/C17H19NO5/c1-2-23-17(22)13(15(19)14-4-3-9-18-14)10-11-5-7-12(8-6-11)16(20)21/h5-8,10,14,18H,2-4,9H2,1H3,(H,20,21)/b13-10-. The van der Waals surface area contributed by atoms with E-state index in [1.54, 1.807) is 19.1 Å². The summed E-state index contributed by atoms with van der Waals surface area (Å²) in [6, 6.07) is 5.59. The lowest BCUT2D eigenvalue weighted by atomic mass is 10.00. The predicted molar refractivity (Wildman–Crippen MR) is 84.0 cm³/mol. The molecule has 23 heavy (non-hydrogen) atoms. The van der Waals surface area contributed by atoms with Gasteiger partial charge in [-0.1, -0.05) is 12.1 Å². The summed E-state index contributed by atoms with van der Waals surface area (Å²) in [5.41, 5.74) is 0.697. The van der Waals surface area contributed by atoms with Crippen molar-refractivity contribution in [3.8, 4) is 0 Å². The van der Waals surface area contributed by atoms with E-state index in [9.17, 15) is 14.4 Å². The number of hydrogen-bond donors (Lipinski definition) is 2. The highest BCUT2D eigenvalue weighted by Crippen LogP contribution is 2.16. The minimum absolute atomic E-state index is 0.0191. The molecule has 0 radical (unpaired) electrons. The SMILES string of the molecule is CCOC(=O)/C(=C\c1ccc(C(=O)O)cc1)C(=O)C1CCCN1. The second kappa shape index (κ2) is 7.69. The van der Waals surface area contributed by atoms with Gasteiger partial charge >= 0.3 is 11.9 Å². The molecule has 1 unspecified atom stereocenters. The van der Waals surface area contributed by atoms with Crippen LogP contribution in [0.25, 0.3) is 6.08 Å². The molecule has 0 saturated carbocycles. The van der Waals surface area contributed by atoms with Gasteiger partial charge < -0.3 is 15.2 Å². The molecule has 2 rings (SSSR count). The van der Waals surface area contributed by atoms with Crippen LogP contribution in [0, 0.1) is 0 Å². The van der Waals surface area contributed by atoms with Crippen LogP contribution in [-0.2, 0) is 14.3 Å². The van der Waals surface area contributed by atoms with E-state index in [1.807, 2.05) is 0 Å². The monoisotopic (exact) mass is 317 g/mol. The number of aromatic carboxylic acids is 1. The number of esters is 1. The zero-order valence-corrected chi connectivity index (χ0v) is 12.9. The third-order valence-electron chi connectivity index (χ3n) is 3.61. The van der Waals surface area contributed by atoms with E-state index in [0.717, 1.165) is 13.0 Å². The molecule has 1 saturated heterocycles. The Kier molecular flexibility index (Phi) is 5.65. The highest BCUT2D eigenvalue weighted by Gasteiger charge is 2.29. The number of benzene rings is 1. The number of ketones is 1. The van der Waals surface area contributed by atoms with Gasteiger partial charge in [-0.2, -0.15) is 0 Å². The van der Waals surface area contributed by atoms with Crippen LogP contribution >= 0.6 is 0 Å². The van der Waals surface area contributed by atoms with Gasteiger partial charge in [0, 0.05) is 0 Å². The van der Waals surface area contributed by atoms with Gasteiger partial charge in [-0.25, -0.2) is 9.59 Å². The van der Waals surface area contributed by atoms with Crippen LogP contribution in [0.2, 0.25) is 0 Å². The zero-order valence-electron chi connectivity index (χ0n) is 12.9. The summed E-state index contributed by atoms with van der Waals surface area (Å²) < 4.78 is 4.97. The Bertz CT molecular complexity index is 627. The van der Waals surface area contributed by atoms with Crippen molar-refractivity contribution >= 4 is 23.8 Å². The van der Waals surface area contributed by atoms with E-state index in [4.69, 9.17) is 9.84 Å². The first-order valence-electron chi connectivity index (χ1n) is 7.52. The molecular formula is C17H19NO5. The van der Waals surface area contributed by atoms with Gasteiger partial charge in [0.25, 0.3) is 0 Å². The van der Waals surface area contributed by atoms with Gasteiger partial charge in [-0.05, 0) is 50.1 Å². The third-order valence-corrected chi connectivity index (χ3v) is 3.61. The van der Waals surface area contributed by atoms with Gasteiger partial charge in [-0.15, -0.1) is 0 Å². The van der Waals surface area contributed by atoms with Gasteiger partial charge in [0.05, 0.1) is 18.2 Å². The fraction of sp³-hybridized carbons (Fsp3) is 0.353. The van der Waals surface area contributed by atoms with Crippen LogP contribution in [0.15, 0.2) is 29.8 Å². The van der Waals surface area contributed by atoms with Crippen molar-refractivity contribution in [1.82, 2.24) is 5.32 Å². The Labute approximate surface area is 134 Å². The normalized spacial score (nSPS) is 17.8. The maximum Gasteiger partial charge on any atom is 0.341 e. The Morgan fingerprint density at radius 1 is 1.30 bits per heavy atom. The van der Waals surface area contributed by atoms with Gasteiger partial charge in [-0.3, -0.25) is 4.79 Å². The number of nitrogens with one attached hydrogen (secondary N) is 1. The number of carboxylic acids is 1. The molecule has 6 nitrogen and oxygen atoms in total. The number of rotatable bonds is 6. The van der Waals surface area contributed by atoms with Gasteiger partial charge in [0.2, 0.25) is 0 Å². The molecular weight excluding hydrogens is 298 g/mol. The lowest BCUT2D eigenvalue weighted by Crippen LogP contribution is -2.34. The number of carbonyl (C=O) groups excluding carboxylic acids is 2. The van der Waals surface area contributed by atoms with Crippen LogP contribution in [0.3, 0.4) is 0 Å². The largest absolute Gasteiger partial charge is 0.478 e. The van der Waals surface area contributed by atoms with E-state index in [0.29, 0.717) is 12.0 Å². The molecule has 1 atom stereocenters. The summed E-state index contributed by atoms with van der Waals surface area (Å²) in [5, 5.41) is 12.0. The summed E-state index contributed by atoms with van der Waals surface area (Å²) >= 11 is 0. The highest BCUT2D eigenvalue weighted by molar-refractivity contribution is 6.22. The van der Waals surface area contributed by atoms with Gasteiger partial charge in [0.1, 0.15) is 5.57 Å². The molecule has 0 spiro atoms. The Hall–Kier alpha value is -2.47. The van der Waals surface area contributed by atoms with Crippen LogP contribution in [0.1, 0.15) is 35.7 Å². The first-order valence-corrected chi connectivity index (χ1v) is 7.52. The molecule has 1 aromatic rings. The molecule has 1 aromatic carbocycles. The summed E-state index contributed by atoms with van der Waals surface area (Å²) in [6.45, 7) is 2.61. The molecule has 0 aliphatic carbocycles. The Balaban J connectivity index is 2.29. The van der Waals surface area contributed by atoms with Crippen molar-refractivity contribution in [3.05, 3.63) is 41.0 Å². The minimum Gasteiger partial charge on any atom is -0.478 e. The molecule has 0 bridgehead atoms. The topological polar surface area (TPSA) is 92.7 Å². The van der Waals surface area contributed by atoms with Crippen molar-refractivity contribution in [3.63, 3.8) is 0 Å². The highest BCUT2D eigenvalue weighted by atomic mass is 16.5. The molecule has 6 heteroatoms. The number of carbonyl (C=O) groups is 3. The molecule has 0 amide bonds. The van der Waals surface area contributed by atoms with Crippen molar-refractivity contribution in [1.29, 1.82) is 0 Å². The van der Waals surface area contributed by atoms with E-state index in [-0.39, 0.29) is 29.6 Å². The van der Waals surface area contributed by atoms with E-state index in [2.05, 4.69) is 5.32 Å². The van der Waals surface area contributed by atoms with Crippen LogP contribution in [-0.4, -0.2) is 42.0 Å². The number of Topliss-reactive ketones (excluding diaryl/α,β-unsaturated/α-hetero) is 1. The summed E-state index contributed by atoms with van der Waals surface area (Å²) in [6.07, 6.45) is 3.03. The van der Waals surface area contributed by atoms with E-state index < -0.39 is 11.9 Å². The molecule has 1 aliphatic rings. The second-order valence-corrected chi connectivity index (χ2v) is 5.22. The molecule has 0 aromatic heterocycles.